The lowest BCUT2D eigenvalue weighted by Gasteiger charge is -2.52. The van der Waals surface area contributed by atoms with Crippen LogP contribution in [0.25, 0.3) is 0 Å². The molecule has 5 heterocycles. The smallest absolute Gasteiger partial charge is 0.209 e. The first-order valence-electron chi connectivity index (χ1n) is 13.5. The molecule has 0 radical (unpaired) electrons. The first kappa shape index (κ1) is 25.7. The zero-order valence-electron chi connectivity index (χ0n) is 21.7. The first-order valence-corrected chi connectivity index (χ1v) is 14.5. The van der Waals surface area contributed by atoms with Crippen molar-refractivity contribution < 1.29 is 30.6 Å². The minimum atomic E-state index is -0.493. The highest BCUT2D eigenvalue weighted by Gasteiger charge is 2.47. The number of halogens is 1. The van der Waals surface area contributed by atoms with Gasteiger partial charge in [0, 0.05) is 29.7 Å². The average Bonchev–Trinajstić information content (AvgIpc) is 3.42. The number of benzene rings is 3. The monoisotopic (exact) mass is 588 g/mol. The Morgan fingerprint density at radius 3 is 2.21 bits per heavy atom. The molecule has 3 aromatic carbocycles. The molecule has 0 aliphatic carbocycles. The van der Waals surface area contributed by atoms with E-state index in [-0.39, 0.29) is 17.0 Å². The molecule has 0 spiro atoms. The Morgan fingerprint density at radius 1 is 0.895 bits per heavy atom. The van der Waals surface area contributed by atoms with Gasteiger partial charge in [-0.05, 0) is 30.5 Å². The molecule has 38 heavy (non-hydrogen) atoms. The van der Waals surface area contributed by atoms with E-state index in [1.807, 2.05) is 30.5 Å². The van der Waals surface area contributed by atoms with Gasteiger partial charge >= 0.3 is 0 Å². The summed E-state index contributed by atoms with van der Waals surface area (Å²) >= 11 is 2.16. The summed E-state index contributed by atoms with van der Waals surface area (Å²) in [5.41, 5.74) is 3.14. The minimum absolute atomic E-state index is 0. The fraction of sp³-hybridized carbons (Fsp3) is 0.344. The lowest BCUT2D eigenvalue weighted by molar-refractivity contribution is -0.954. The Morgan fingerprint density at radius 2 is 1.53 bits per heavy atom. The number of rotatable bonds is 6. The van der Waals surface area contributed by atoms with Gasteiger partial charge in [-0.1, -0.05) is 66.7 Å². The molecule has 196 valence electrons. The summed E-state index contributed by atoms with van der Waals surface area (Å²) in [6.45, 7) is 6.88. The summed E-state index contributed by atoms with van der Waals surface area (Å²) in [5, 5.41) is 0.719. The molecule has 1 aromatic heterocycles. The summed E-state index contributed by atoms with van der Waals surface area (Å²) in [4.78, 5) is 4.91. The van der Waals surface area contributed by atoms with Gasteiger partial charge in [0.15, 0.2) is 5.76 Å². The molecule has 3 fully saturated rings. The standard InChI is InChI=1S/C32H33N2O2S.BrH/c1-32(26-11-5-7-13-28(26)36-29-14-8-6-12-27(29)32)31-33-19-25(35-31)20-34-17-15-24(16-18-34)30(21-34)37-22-23-9-3-2-4-10-23;/h2-14,19,24,30H,15-18,20-22H2,1H3;1H/q+1;/p-1/t24?,30-,34?;/m1./s1. The van der Waals surface area contributed by atoms with E-state index in [4.69, 9.17) is 14.1 Å². The van der Waals surface area contributed by atoms with Crippen LogP contribution >= 0.6 is 11.8 Å². The zero-order chi connectivity index (χ0) is 24.9. The van der Waals surface area contributed by atoms with Crippen LogP contribution in [0.1, 0.15) is 48.1 Å². The van der Waals surface area contributed by atoms with Crippen molar-refractivity contribution in [3.05, 3.63) is 113 Å². The average molecular weight is 590 g/mol. The maximum Gasteiger partial charge on any atom is 0.209 e. The van der Waals surface area contributed by atoms with Gasteiger partial charge in [0.25, 0.3) is 0 Å². The van der Waals surface area contributed by atoms with Crippen LogP contribution in [0.4, 0.5) is 0 Å². The van der Waals surface area contributed by atoms with E-state index in [1.165, 1.54) is 38.0 Å². The summed E-state index contributed by atoms with van der Waals surface area (Å²) in [7, 11) is 0. The maximum atomic E-state index is 6.66. The van der Waals surface area contributed by atoms with Crippen molar-refractivity contribution in [2.24, 2.45) is 5.92 Å². The molecule has 0 amide bonds. The van der Waals surface area contributed by atoms with Gasteiger partial charge in [0.2, 0.25) is 5.89 Å². The molecule has 3 saturated heterocycles. The third-order valence-electron chi connectivity index (χ3n) is 8.89. The summed E-state index contributed by atoms with van der Waals surface area (Å²) in [5.74, 6) is 5.47. The predicted molar refractivity (Wildman–Crippen MR) is 148 cm³/mol. The van der Waals surface area contributed by atoms with Crippen LogP contribution in [0.5, 0.6) is 11.5 Å². The molecule has 4 aromatic rings. The molecular formula is C32H33BrN2O2S. The van der Waals surface area contributed by atoms with E-state index in [0.717, 1.165) is 62.2 Å². The highest BCUT2D eigenvalue weighted by molar-refractivity contribution is 7.99. The third-order valence-corrected chi connectivity index (χ3v) is 10.4. The molecule has 0 unspecified atom stereocenters. The molecule has 0 saturated carbocycles. The molecule has 4 aliphatic heterocycles. The van der Waals surface area contributed by atoms with E-state index in [9.17, 15) is 0 Å². The van der Waals surface area contributed by atoms with Crippen molar-refractivity contribution in [1.82, 2.24) is 4.98 Å². The molecule has 4 aliphatic rings. The Bertz CT molecular complexity index is 1370. The maximum absolute atomic E-state index is 6.66. The van der Waals surface area contributed by atoms with Crippen molar-refractivity contribution in [2.75, 3.05) is 19.6 Å². The van der Waals surface area contributed by atoms with Crippen molar-refractivity contribution in [3.8, 4) is 11.5 Å². The lowest BCUT2D eigenvalue weighted by atomic mass is 9.74. The zero-order valence-corrected chi connectivity index (χ0v) is 24.1. The normalized spacial score (nSPS) is 24.6. The molecule has 8 rings (SSSR count). The molecule has 6 heteroatoms. The van der Waals surface area contributed by atoms with Gasteiger partial charge in [0.1, 0.15) is 23.5 Å². The van der Waals surface area contributed by atoms with Gasteiger partial charge in [-0.25, -0.2) is 4.98 Å². The second-order valence-electron chi connectivity index (χ2n) is 11.2. The largest absolute Gasteiger partial charge is 1.00 e. The number of ether oxygens (including phenoxy) is 1. The third kappa shape index (κ3) is 4.41. The summed E-state index contributed by atoms with van der Waals surface area (Å²) < 4.78 is 14.0. The number of fused-ring (bicyclic) bond motifs is 5. The van der Waals surface area contributed by atoms with Crippen LogP contribution in [-0.4, -0.2) is 34.4 Å². The van der Waals surface area contributed by atoms with E-state index in [2.05, 4.69) is 73.3 Å². The number of aromatic nitrogens is 1. The van der Waals surface area contributed by atoms with Crippen LogP contribution in [-0.2, 0) is 17.7 Å². The van der Waals surface area contributed by atoms with E-state index in [1.54, 1.807) is 0 Å². The number of hydrogen-bond donors (Lipinski definition) is 0. The van der Waals surface area contributed by atoms with Crippen molar-refractivity contribution in [3.63, 3.8) is 0 Å². The van der Waals surface area contributed by atoms with E-state index in [0.29, 0.717) is 0 Å². The highest BCUT2D eigenvalue weighted by atomic mass is 79.9. The Balaban J connectivity index is 0.00000264. The number of hydrogen-bond acceptors (Lipinski definition) is 4. The van der Waals surface area contributed by atoms with Gasteiger partial charge in [0.05, 0.1) is 31.1 Å². The minimum Gasteiger partial charge on any atom is -1.00 e. The van der Waals surface area contributed by atoms with E-state index < -0.39 is 5.41 Å². The van der Waals surface area contributed by atoms with Crippen LogP contribution in [0.2, 0.25) is 0 Å². The van der Waals surface area contributed by atoms with Crippen LogP contribution in [0.15, 0.2) is 89.5 Å². The number of oxazole rings is 1. The van der Waals surface area contributed by atoms with Crippen molar-refractivity contribution in [2.45, 2.75) is 42.7 Å². The van der Waals surface area contributed by atoms with Gasteiger partial charge in [-0.2, -0.15) is 0 Å². The SMILES string of the molecule is CC1(c2ncc(C[N+]34CCC(CC3)[C@H](SCc3ccccc3)C4)o2)c2ccccc2Oc2ccccc21.[Br-]. The van der Waals surface area contributed by atoms with Gasteiger partial charge in [-0.15, -0.1) is 11.8 Å². The molecule has 0 N–H and O–H groups in total. The van der Waals surface area contributed by atoms with Crippen LogP contribution in [0.3, 0.4) is 0 Å². The molecule has 4 nitrogen and oxygen atoms in total. The molecule has 1 atom stereocenters. The van der Waals surface area contributed by atoms with Crippen molar-refractivity contribution >= 4 is 11.8 Å². The molecule has 2 bridgehead atoms. The Kier molecular flexibility index (Phi) is 6.91. The highest BCUT2D eigenvalue weighted by Crippen LogP contribution is 2.51. The summed E-state index contributed by atoms with van der Waals surface area (Å²) in [6.07, 6.45) is 4.63. The second kappa shape index (κ2) is 10.2. The first-order chi connectivity index (χ1) is 18.1. The van der Waals surface area contributed by atoms with Gasteiger partial charge < -0.3 is 30.6 Å². The Labute approximate surface area is 239 Å². The second-order valence-corrected chi connectivity index (χ2v) is 12.4. The Hall–Kier alpha value is -2.54. The fourth-order valence-electron chi connectivity index (χ4n) is 6.78. The number of nitrogens with zero attached hydrogens (tertiary/aromatic N) is 2. The summed E-state index contributed by atoms with van der Waals surface area (Å²) in [6, 6.07) is 27.5. The van der Waals surface area contributed by atoms with Crippen LogP contribution in [0, 0.1) is 5.92 Å². The number of thioether (sulfide) groups is 1. The quantitative estimate of drug-likeness (QED) is 0.317. The van der Waals surface area contributed by atoms with Crippen molar-refractivity contribution in [1.29, 1.82) is 0 Å². The number of para-hydroxylation sites is 2. The van der Waals surface area contributed by atoms with Crippen LogP contribution < -0.4 is 21.7 Å². The van der Waals surface area contributed by atoms with Gasteiger partial charge in [-0.3, -0.25) is 0 Å². The molecular weight excluding hydrogens is 556 g/mol. The van der Waals surface area contributed by atoms with E-state index >= 15 is 0 Å². The topological polar surface area (TPSA) is 35.3 Å². The lowest BCUT2D eigenvalue weighted by Crippen LogP contribution is -3.00. The number of quaternary nitrogens is 1. The number of piperidine rings is 3. The predicted octanol–water partition coefficient (Wildman–Crippen LogP) is 4.18. The fourth-order valence-corrected chi connectivity index (χ4v) is 8.35.